The number of rotatable bonds is 7. The summed E-state index contributed by atoms with van der Waals surface area (Å²) in [5, 5.41) is 4.96. The van der Waals surface area contributed by atoms with Gasteiger partial charge in [0.2, 0.25) is 10.0 Å². The van der Waals surface area contributed by atoms with Crippen molar-refractivity contribution in [2.24, 2.45) is 11.1 Å². The third kappa shape index (κ3) is 5.97. The topological polar surface area (TPSA) is 82.3 Å². The van der Waals surface area contributed by atoms with Crippen molar-refractivity contribution < 1.29 is 13.2 Å². The van der Waals surface area contributed by atoms with E-state index in [1.165, 1.54) is 0 Å². The first kappa shape index (κ1) is 14.9. The molecule has 5 nitrogen and oxygen atoms in total. The van der Waals surface area contributed by atoms with E-state index < -0.39 is 10.0 Å². The highest BCUT2D eigenvalue weighted by Gasteiger charge is 2.08. The Kier molecular flexibility index (Phi) is 5.55. The molecule has 0 saturated heterocycles. The lowest BCUT2D eigenvalue weighted by Crippen LogP contribution is -2.18. The van der Waals surface area contributed by atoms with E-state index in [0.717, 1.165) is 17.9 Å². The van der Waals surface area contributed by atoms with Crippen molar-refractivity contribution in [3.05, 3.63) is 24.0 Å². The number of aromatic nitrogens is 1. The van der Waals surface area contributed by atoms with Crippen LogP contribution in [0.15, 0.2) is 18.3 Å². The molecule has 1 unspecified atom stereocenters. The van der Waals surface area contributed by atoms with Crippen LogP contribution in [0.4, 0.5) is 0 Å². The molecule has 2 N–H and O–H groups in total. The fourth-order valence-electron chi connectivity index (χ4n) is 1.50. The molecule has 0 fully saturated rings. The van der Waals surface area contributed by atoms with Crippen LogP contribution in [0.3, 0.4) is 0 Å². The summed E-state index contributed by atoms with van der Waals surface area (Å²) in [4.78, 5) is 4.12. The first-order valence-corrected chi connectivity index (χ1v) is 7.65. The molecule has 0 aromatic carbocycles. The van der Waals surface area contributed by atoms with Gasteiger partial charge in [-0.25, -0.2) is 13.6 Å². The highest BCUT2D eigenvalue weighted by atomic mass is 32.2. The van der Waals surface area contributed by atoms with E-state index in [2.05, 4.69) is 4.98 Å². The van der Waals surface area contributed by atoms with E-state index in [9.17, 15) is 8.42 Å². The summed E-state index contributed by atoms with van der Waals surface area (Å²) in [6.45, 7) is 4.43. The molecule has 0 radical (unpaired) electrons. The van der Waals surface area contributed by atoms with E-state index >= 15 is 0 Å². The zero-order valence-corrected chi connectivity index (χ0v) is 11.6. The monoisotopic (exact) mass is 272 g/mol. The van der Waals surface area contributed by atoms with Gasteiger partial charge in [0.15, 0.2) is 0 Å². The zero-order chi connectivity index (χ0) is 13.6. The molecule has 0 amide bonds. The summed E-state index contributed by atoms with van der Waals surface area (Å²) < 4.78 is 27.2. The molecule has 1 aromatic heterocycles. The maximum absolute atomic E-state index is 10.8. The molecule has 18 heavy (non-hydrogen) atoms. The molecular weight excluding hydrogens is 252 g/mol. The van der Waals surface area contributed by atoms with Crippen molar-refractivity contribution in [1.29, 1.82) is 0 Å². The van der Waals surface area contributed by atoms with Crippen molar-refractivity contribution in [3.63, 3.8) is 0 Å². The molecule has 6 heteroatoms. The quantitative estimate of drug-likeness (QED) is 0.815. The van der Waals surface area contributed by atoms with Gasteiger partial charge in [-0.05, 0) is 37.8 Å². The third-order valence-electron chi connectivity index (χ3n) is 2.72. The molecule has 0 aliphatic heterocycles. The molecule has 102 valence electrons. The summed E-state index contributed by atoms with van der Waals surface area (Å²) in [6.07, 6.45) is 3.08. The van der Waals surface area contributed by atoms with Crippen LogP contribution in [-0.4, -0.2) is 25.8 Å². The van der Waals surface area contributed by atoms with Crippen LogP contribution in [0.5, 0.6) is 5.75 Å². The van der Waals surface area contributed by atoms with Crippen LogP contribution < -0.4 is 9.88 Å². The summed E-state index contributed by atoms with van der Waals surface area (Å²) >= 11 is 0. The molecule has 1 heterocycles. The lowest BCUT2D eigenvalue weighted by atomic mass is 10.1. The number of hydrogen-bond acceptors (Lipinski definition) is 4. The van der Waals surface area contributed by atoms with Crippen LogP contribution in [-0.2, 0) is 10.0 Å². The number of pyridine rings is 1. The summed E-state index contributed by atoms with van der Waals surface area (Å²) in [6, 6.07) is 3.70. The molecular formula is C12H20N2O3S. The Balaban J connectivity index is 2.28. The average molecular weight is 272 g/mol. The third-order valence-corrected chi connectivity index (χ3v) is 3.53. The Bertz CT molecular complexity index is 474. The molecule has 0 spiro atoms. The lowest BCUT2D eigenvalue weighted by molar-refractivity contribution is 0.279. The minimum absolute atomic E-state index is 0.0279. The van der Waals surface area contributed by atoms with Gasteiger partial charge in [0, 0.05) is 6.20 Å². The minimum Gasteiger partial charge on any atom is -0.492 e. The SMILES string of the molecule is Cc1ncccc1OCCC(C)CCS(N)(=O)=O. The standard InChI is InChI=1S/C12H20N2O3S/c1-10(6-9-18(13,15)16)5-8-17-12-4-3-7-14-11(12)2/h3-4,7,10H,5-6,8-9H2,1-2H3,(H2,13,15,16). The van der Waals surface area contributed by atoms with Crippen molar-refractivity contribution in [2.45, 2.75) is 26.7 Å². The van der Waals surface area contributed by atoms with E-state index in [1.807, 2.05) is 26.0 Å². The smallest absolute Gasteiger partial charge is 0.209 e. The van der Waals surface area contributed by atoms with Gasteiger partial charge < -0.3 is 4.74 Å². The summed E-state index contributed by atoms with van der Waals surface area (Å²) in [5.74, 6) is 1.07. The molecule has 1 atom stereocenters. The van der Waals surface area contributed by atoms with Crippen molar-refractivity contribution in [3.8, 4) is 5.75 Å². The maximum atomic E-state index is 10.8. The fraction of sp³-hybridized carbons (Fsp3) is 0.583. The molecule has 1 rings (SSSR count). The molecule has 0 saturated carbocycles. The van der Waals surface area contributed by atoms with Crippen molar-refractivity contribution in [2.75, 3.05) is 12.4 Å². The molecule has 0 aliphatic rings. The normalized spacial score (nSPS) is 13.3. The van der Waals surface area contributed by atoms with Crippen LogP contribution in [0.2, 0.25) is 0 Å². The van der Waals surface area contributed by atoms with Gasteiger partial charge in [-0.1, -0.05) is 6.92 Å². The van der Waals surface area contributed by atoms with Gasteiger partial charge in [0.25, 0.3) is 0 Å². The highest BCUT2D eigenvalue weighted by molar-refractivity contribution is 7.89. The van der Waals surface area contributed by atoms with E-state index in [-0.39, 0.29) is 11.7 Å². The van der Waals surface area contributed by atoms with E-state index in [0.29, 0.717) is 13.0 Å². The number of hydrogen-bond donors (Lipinski definition) is 1. The number of nitrogens with two attached hydrogens (primary N) is 1. The first-order chi connectivity index (χ1) is 8.38. The molecule has 0 bridgehead atoms. The van der Waals surface area contributed by atoms with Crippen molar-refractivity contribution >= 4 is 10.0 Å². The predicted molar refractivity (Wildman–Crippen MR) is 70.8 cm³/mol. The second kappa shape index (κ2) is 6.70. The average Bonchev–Trinajstić information content (AvgIpc) is 2.28. The molecule has 0 aliphatic carbocycles. The fourth-order valence-corrected chi connectivity index (χ4v) is 2.23. The van der Waals surface area contributed by atoms with Gasteiger partial charge in [-0.3, -0.25) is 4.98 Å². The summed E-state index contributed by atoms with van der Waals surface area (Å²) in [7, 11) is -3.35. The first-order valence-electron chi connectivity index (χ1n) is 5.93. The number of primary sulfonamides is 1. The van der Waals surface area contributed by atoms with Crippen LogP contribution in [0, 0.1) is 12.8 Å². The van der Waals surface area contributed by atoms with Gasteiger partial charge >= 0.3 is 0 Å². The van der Waals surface area contributed by atoms with Crippen LogP contribution in [0.1, 0.15) is 25.5 Å². The van der Waals surface area contributed by atoms with Gasteiger partial charge in [0.05, 0.1) is 18.1 Å². The van der Waals surface area contributed by atoms with Crippen molar-refractivity contribution in [1.82, 2.24) is 4.98 Å². The second-order valence-corrected chi connectivity index (χ2v) is 6.22. The second-order valence-electron chi connectivity index (χ2n) is 4.48. The Hall–Kier alpha value is -1.14. The Morgan fingerprint density at radius 3 is 2.78 bits per heavy atom. The number of nitrogens with zero attached hydrogens (tertiary/aromatic N) is 1. The van der Waals surface area contributed by atoms with Gasteiger partial charge in [-0.2, -0.15) is 0 Å². The van der Waals surface area contributed by atoms with E-state index in [4.69, 9.17) is 9.88 Å². The Morgan fingerprint density at radius 1 is 1.44 bits per heavy atom. The van der Waals surface area contributed by atoms with Gasteiger partial charge in [0.1, 0.15) is 5.75 Å². The van der Waals surface area contributed by atoms with Crippen LogP contribution >= 0.6 is 0 Å². The van der Waals surface area contributed by atoms with E-state index in [1.54, 1.807) is 6.20 Å². The number of sulfonamides is 1. The highest BCUT2D eigenvalue weighted by Crippen LogP contribution is 2.15. The van der Waals surface area contributed by atoms with Gasteiger partial charge in [-0.15, -0.1) is 0 Å². The maximum Gasteiger partial charge on any atom is 0.209 e. The number of ether oxygens (including phenoxy) is 1. The predicted octanol–water partition coefficient (Wildman–Crippen LogP) is 1.47. The largest absolute Gasteiger partial charge is 0.492 e. The Labute approximate surface area is 108 Å². The number of aryl methyl sites for hydroxylation is 1. The molecule has 1 aromatic rings. The summed E-state index contributed by atoms with van der Waals surface area (Å²) in [5.41, 5.74) is 0.856. The lowest BCUT2D eigenvalue weighted by Gasteiger charge is -2.12. The zero-order valence-electron chi connectivity index (χ0n) is 10.8. The minimum atomic E-state index is -3.35. The van der Waals surface area contributed by atoms with Crippen LogP contribution in [0.25, 0.3) is 0 Å². The Morgan fingerprint density at radius 2 is 2.17 bits per heavy atom.